The molecule has 33 heavy (non-hydrogen) atoms. The lowest BCUT2D eigenvalue weighted by Crippen LogP contribution is -2.39. The highest BCUT2D eigenvalue weighted by Crippen LogP contribution is 2.23. The molecule has 2 aromatic carbocycles. The molecule has 2 aliphatic heterocycles. The molecule has 0 unspecified atom stereocenters. The van der Waals surface area contributed by atoms with E-state index in [4.69, 9.17) is 0 Å². The van der Waals surface area contributed by atoms with Gasteiger partial charge in [-0.3, -0.25) is 9.59 Å². The van der Waals surface area contributed by atoms with E-state index in [1.165, 1.54) is 5.56 Å². The summed E-state index contributed by atoms with van der Waals surface area (Å²) in [4.78, 5) is 37.1. The van der Waals surface area contributed by atoms with Crippen LogP contribution in [0.1, 0.15) is 53.8 Å². The predicted molar refractivity (Wildman–Crippen MR) is 129 cm³/mol. The van der Waals surface area contributed by atoms with Crippen molar-refractivity contribution in [3.05, 3.63) is 65.5 Å². The molecule has 2 fully saturated rings. The molecule has 0 aliphatic carbocycles. The van der Waals surface area contributed by atoms with Crippen molar-refractivity contribution in [2.45, 2.75) is 44.9 Å². The lowest BCUT2D eigenvalue weighted by Gasteiger charge is -2.32. The lowest BCUT2D eigenvalue weighted by atomic mass is 9.89. The number of rotatable bonds is 6. The number of aromatic amines is 1. The van der Waals surface area contributed by atoms with Gasteiger partial charge in [-0.1, -0.05) is 24.3 Å². The summed E-state index contributed by atoms with van der Waals surface area (Å²) in [6, 6.07) is 16.1. The normalized spacial score (nSPS) is 17.1. The summed E-state index contributed by atoms with van der Waals surface area (Å²) in [7, 11) is 0. The zero-order valence-corrected chi connectivity index (χ0v) is 19.1. The number of aryl methyl sites for hydroxylation is 1. The third kappa shape index (κ3) is 5.10. The number of imidazole rings is 1. The van der Waals surface area contributed by atoms with Gasteiger partial charge in [0.05, 0.1) is 11.0 Å². The Kier molecular flexibility index (Phi) is 6.42. The van der Waals surface area contributed by atoms with Gasteiger partial charge in [-0.05, 0) is 67.9 Å². The Morgan fingerprint density at radius 1 is 0.909 bits per heavy atom. The van der Waals surface area contributed by atoms with Crippen LogP contribution in [0.5, 0.6) is 0 Å². The summed E-state index contributed by atoms with van der Waals surface area (Å²) in [5, 5.41) is 0. The Labute approximate surface area is 195 Å². The van der Waals surface area contributed by atoms with Crippen LogP contribution in [0.2, 0.25) is 0 Å². The largest absolute Gasteiger partial charge is 0.343 e. The number of amides is 2. The Morgan fingerprint density at radius 2 is 1.64 bits per heavy atom. The second kappa shape index (κ2) is 9.77. The van der Waals surface area contributed by atoms with Crippen LogP contribution in [0.4, 0.5) is 0 Å². The number of nitrogens with one attached hydrogen (secondary N) is 1. The Bertz CT molecular complexity index is 1070. The minimum absolute atomic E-state index is 0.161. The number of fused-ring (bicyclic) bond motifs is 1. The third-order valence-electron chi connectivity index (χ3n) is 7.10. The maximum Gasteiger partial charge on any atom is 0.253 e. The molecule has 1 N–H and O–H groups in total. The number of hydrogen-bond acceptors (Lipinski definition) is 3. The summed E-state index contributed by atoms with van der Waals surface area (Å²) < 4.78 is 0. The average Bonchev–Trinajstić information content (AvgIpc) is 3.53. The van der Waals surface area contributed by atoms with Gasteiger partial charge in [0.15, 0.2) is 0 Å². The summed E-state index contributed by atoms with van der Waals surface area (Å²) in [5.41, 5.74) is 4.05. The zero-order valence-electron chi connectivity index (χ0n) is 19.1. The van der Waals surface area contributed by atoms with Crippen LogP contribution in [-0.2, 0) is 17.6 Å². The predicted octanol–water partition coefficient (Wildman–Crippen LogP) is 4.21. The van der Waals surface area contributed by atoms with Gasteiger partial charge in [0, 0.05) is 44.6 Å². The maximum atomic E-state index is 12.7. The van der Waals surface area contributed by atoms with Gasteiger partial charge in [-0.2, -0.15) is 0 Å². The molecule has 0 radical (unpaired) electrons. The minimum atomic E-state index is 0.161. The van der Waals surface area contributed by atoms with Crippen LogP contribution in [-0.4, -0.2) is 57.8 Å². The topological polar surface area (TPSA) is 69.3 Å². The van der Waals surface area contributed by atoms with Gasteiger partial charge in [0.2, 0.25) is 5.91 Å². The quantitative estimate of drug-likeness (QED) is 0.619. The lowest BCUT2D eigenvalue weighted by molar-refractivity contribution is -0.132. The molecule has 1 aromatic heterocycles. The molecule has 172 valence electrons. The van der Waals surface area contributed by atoms with E-state index in [1.807, 2.05) is 46.2 Å². The number of hydrogen-bond donors (Lipinski definition) is 1. The van der Waals surface area contributed by atoms with E-state index in [1.54, 1.807) is 0 Å². The van der Waals surface area contributed by atoms with Crippen molar-refractivity contribution in [2.75, 3.05) is 26.2 Å². The number of benzene rings is 2. The van der Waals surface area contributed by atoms with Gasteiger partial charge >= 0.3 is 0 Å². The fraction of sp³-hybridized carbons (Fsp3) is 0.444. The Balaban J connectivity index is 1.07. The number of likely N-dealkylation sites (tertiary alicyclic amines) is 2. The first-order valence-electron chi connectivity index (χ1n) is 12.3. The molecular formula is C27H32N4O2. The molecule has 3 heterocycles. The van der Waals surface area contributed by atoms with E-state index < -0.39 is 0 Å². The van der Waals surface area contributed by atoms with Crippen molar-refractivity contribution in [3.8, 4) is 0 Å². The van der Waals surface area contributed by atoms with Crippen LogP contribution in [0.25, 0.3) is 11.0 Å². The van der Waals surface area contributed by atoms with Crippen molar-refractivity contribution >= 4 is 22.8 Å². The van der Waals surface area contributed by atoms with Gasteiger partial charge in [-0.15, -0.1) is 0 Å². The average molecular weight is 445 g/mol. The molecule has 5 rings (SSSR count). The van der Waals surface area contributed by atoms with Crippen LogP contribution < -0.4 is 0 Å². The monoisotopic (exact) mass is 444 g/mol. The van der Waals surface area contributed by atoms with E-state index in [0.29, 0.717) is 18.8 Å². The molecule has 0 bridgehead atoms. The van der Waals surface area contributed by atoms with Crippen molar-refractivity contribution < 1.29 is 9.59 Å². The molecular weight excluding hydrogens is 412 g/mol. The third-order valence-corrected chi connectivity index (χ3v) is 7.10. The molecule has 2 aliphatic rings. The number of carbonyl (C=O) groups excluding carboxylic acids is 2. The zero-order chi connectivity index (χ0) is 22.6. The standard InChI is InChI=1S/C27H32N4O2/c32-26(12-11-25-28-23-5-1-2-6-24(23)29-25)30-17-13-21(14-18-30)19-20-7-9-22(10-8-20)27(33)31-15-3-4-16-31/h1-2,5-10,21H,3-4,11-19H2,(H,28,29). The molecule has 0 saturated carbocycles. The Hall–Kier alpha value is -3.15. The second-order valence-corrected chi connectivity index (χ2v) is 9.43. The van der Waals surface area contributed by atoms with Crippen molar-refractivity contribution in [2.24, 2.45) is 5.92 Å². The molecule has 2 saturated heterocycles. The van der Waals surface area contributed by atoms with E-state index in [9.17, 15) is 9.59 Å². The second-order valence-electron chi connectivity index (χ2n) is 9.43. The summed E-state index contributed by atoms with van der Waals surface area (Å²) >= 11 is 0. The fourth-order valence-electron chi connectivity index (χ4n) is 5.11. The maximum absolute atomic E-state index is 12.7. The van der Waals surface area contributed by atoms with E-state index in [0.717, 1.165) is 80.7 Å². The number of para-hydroxylation sites is 2. The van der Waals surface area contributed by atoms with Crippen molar-refractivity contribution in [1.29, 1.82) is 0 Å². The molecule has 3 aromatic rings. The molecule has 0 atom stereocenters. The smallest absolute Gasteiger partial charge is 0.253 e. The summed E-state index contributed by atoms with van der Waals surface area (Å²) in [5.74, 6) is 1.85. The van der Waals surface area contributed by atoms with Crippen LogP contribution in [0, 0.1) is 5.92 Å². The molecule has 6 heteroatoms. The Morgan fingerprint density at radius 3 is 2.36 bits per heavy atom. The summed E-state index contributed by atoms with van der Waals surface area (Å²) in [6.07, 6.45) is 6.46. The minimum Gasteiger partial charge on any atom is -0.343 e. The van der Waals surface area contributed by atoms with Crippen LogP contribution in [0.3, 0.4) is 0 Å². The first-order chi connectivity index (χ1) is 16.2. The number of nitrogens with zero attached hydrogens (tertiary/aromatic N) is 3. The van der Waals surface area contributed by atoms with Crippen molar-refractivity contribution in [3.63, 3.8) is 0 Å². The fourth-order valence-corrected chi connectivity index (χ4v) is 5.11. The van der Waals surface area contributed by atoms with Crippen LogP contribution in [0.15, 0.2) is 48.5 Å². The SMILES string of the molecule is O=C(CCc1nc2ccccc2[nH]1)N1CCC(Cc2ccc(C(=O)N3CCCC3)cc2)CC1. The van der Waals surface area contributed by atoms with Crippen molar-refractivity contribution in [1.82, 2.24) is 19.8 Å². The van der Waals surface area contributed by atoms with E-state index in [-0.39, 0.29) is 11.8 Å². The molecule has 6 nitrogen and oxygen atoms in total. The highest BCUT2D eigenvalue weighted by molar-refractivity contribution is 5.94. The van der Waals surface area contributed by atoms with Gasteiger partial charge in [0.1, 0.15) is 5.82 Å². The number of carbonyl (C=O) groups is 2. The number of H-pyrrole nitrogens is 1. The summed E-state index contributed by atoms with van der Waals surface area (Å²) in [6.45, 7) is 3.43. The first kappa shape index (κ1) is 21.7. The molecule has 2 amide bonds. The van der Waals surface area contributed by atoms with Gasteiger partial charge in [-0.25, -0.2) is 4.98 Å². The number of aromatic nitrogens is 2. The van der Waals surface area contributed by atoms with Gasteiger partial charge in [0.25, 0.3) is 5.91 Å². The molecule has 0 spiro atoms. The van der Waals surface area contributed by atoms with E-state index in [2.05, 4.69) is 22.1 Å². The van der Waals surface area contributed by atoms with Gasteiger partial charge < -0.3 is 14.8 Å². The van der Waals surface area contributed by atoms with Crippen LogP contribution >= 0.6 is 0 Å². The first-order valence-corrected chi connectivity index (χ1v) is 12.3. The number of piperidine rings is 1. The highest BCUT2D eigenvalue weighted by Gasteiger charge is 2.23. The highest BCUT2D eigenvalue weighted by atomic mass is 16.2. The van der Waals surface area contributed by atoms with E-state index >= 15 is 0 Å².